The van der Waals surface area contributed by atoms with Gasteiger partial charge in [-0.2, -0.15) is 13.2 Å². The third-order valence-electron chi connectivity index (χ3n) is 5.39. The Kier molecular flexibility index (Phi) is 4.57. The highest BCUT2D eigenvalue weighted by Gasteiger charge is 2.36. The molecule has 1 fully saturated rings. The van der Waals surface area contributed by atoms with Crippen LogP contribution in [0.4, 0.5) is 19.0 Å². The van der Waals surface area contributed by atoms with Gasteiger partial charge in [0, 0.05) is 30.2 Å². The number of hydrogen-bond acceptors (Lipinski definition) is 6. The van der Waals surface area contributed by atoms with E-state index in [1.54, 1.807) is 18.3 Å². The van der Waals surface area contributed by atoms with Gasteiger partial charge in [-0.05, 0) is 43.2 Å². The van der Waals surface area contributed by atoms with E-state index in [-0.39, 0.29) is 11.3 Å². The Balaban J connectivity index is 1.81. The Morgan fingerprint density at radius 1 is 1.21 bits per heavy atom. The van der Waals surface area contributed by atoms with Crippen molar-refractivity contribution in [1.29, 1.82) is 0 Å². The van der Waals surface area contributed by atoms with Crippen molar-refractivity contribution in [2.75, 3.05) is 18.0 Å². The lowest BCUT2D eigenvalue weighted by atomic mass is 10.0. The van der Waals surface area contributed by atoms with Crippen LogP contribution in [-0.2, 0) is 6.18 Å². The molecule has 0 saturated carbocycles. The Labute approximate surface area is 164 Å². The molecule has 3 aromatic rings. The Morgan fingerprint density at radius 3 is 2.66 bits per heavy atom. The maximum Gasteiger partial charge on any atom is 0.416 e. The summed E-state index contributed by atoms with van der Waals surface area (Å²) in [6.07, 6.45) is -1.76. The number of pyridine rings is 1. The van der Waals surface area contributed by atoms with Crippen molar-refractivity contribution in [2.45, 2.75) is 31.5 Å². The molecule has 4 rings (SSSR count). The summed E-state index contributed by atoms with van der Waals surface area (Å²) in [5.41, 5.74) is -0.846. The summed E-state index contributed by atoms with van der Waals surface area (Å²) in [6.45, 7) is 2.91. The minimum atomic E-state index is -4.55. The summed E-state index contributed by atoms with van der Waals surface area (Å²) in [4.78, 5) is 6.29. The average Bonchev–Trinajstić information content (AvgIpc) is 3.09. The van der Waals surface area contributed by atoms with Crippen LogP contribution in [0.5, 0.6) is 5.75 Å². The number of nitrogens with zero attached hydrogens (tertiary/aromatic N) is 4. The fourth-order valence-electron chi connectivity index (χ4n) is 3.62. The normalized spacial score (nSPS) is 19.8. The molecule has 152 valence electrons. The molecule has 1 atom stereocenters. The van der Waals surface area contributed by atoms with Crippen LogP contribution in [0.2, 0.25) is 0 Å². The van der Waals surface area contributed by atoms with Gasteiger partial charge >= 0.3 is 6.18 Å². The van der Waals surface area contributed by atoms with E-state index in [1.165, 1.54) is 6.07 Å². The Morgan fingerprint density at radius 2 is 2.00 bits per heavy atom. The van der Waals surface area contributed by atoms with Crippen molar-refractivity contribution in [3.05, 3.63) is 42.1 Å². The van der Waals surface area contributed by atoms with Crippen molar-refractivity contribution >= 4 is 16.7 Å². The predicted molar refractivity (Wildman–Crippen MR) is 102 cm³/mol. The summed E-state index contributed by atoms with van der Waals surface area (Å²) >= 11 is 0. The number of aromatic nitrogens is 3. The van der Waals surface area contributed by atoms with Crippen LogP contribution in [0.15, 0.2) is 36.5 Å². The summed E-state index contributed by atoms with van der Waals surface area (Å²) in [5, 5.41) is 29.7. The lowest BCUT2D eigenvalue weighted by molar-refractivity contribution is -0.137. The Bertz CT molecular complexity index is 1070. The minimum Gasteiger partial charge on any atom is -0.507 e. The van der Waals surface area contributed by atoms with Crippen molar-refractivity contribution in [3.63, 3.8) is 0 Å². The first-order chi connectivity index (χ1) is 13.7. The van der Waals surface area contributed by atoms with Gasteiger partial charge in [-0.1, -0.05) is 6.92 Å². The van der Waals surface area contributed by atoms with Crippen molar-refractivity contribution in [1.82, 2.24) is 15.2 Å². The number of halogens is 3. The molecular weight excluding hydrogens is 385 g/mol. The molecule has 0 radical (unpaired) electrons. The van der Waals surface area contributed by atoms with E-state index < -0.39 is 23.1 Å². The maximum atomic E-state index is 12.9. The summed E-state index contributed by atoms with van der Waals surface area (Å²) in [7, 11) is 0. The van der Waals surface area contributed by atoms with Gasteiger partial charge in [-0.15, -0.1) is 10.2 Å². The second-order valence-corrected chi connectivity index (χ2v) is 7.25. The van der Waals surface area contributed by atoms with Crippen LogP contribution in [0.3, 0.4) is 0 Å². The largest absolute Gasteiger partial charge is 0.507 e. The molecule has 1 saturated heterocycles. The number of rotatable bonds is 3. The molecule has 0 spiro atoms. The van der Waals surface area contributed by atoms with Gasteiger partial charge in [-0.3, -0.25) is 4.98 Å². The number of phenols is 1. The number of benzene rings is 1. The van der Waals surface area contributed by atoms with E-state index in [4.69, 9.17) is 0 Å². The molecule has 29 heavy (non-hydrogen) atoms. The number of alkyl halides is 3. The van der Waals surface area contributed by atoms with Crippen molar-refractivity contribution < 1.29 is 23.4 Å². The molecule has 1 aromatic carbocycles. The molecule has 1 aliphatic rings. The van der Waals surface area contributed by atoms with Crippen LogP contribution >= 0.6 is 0 Å². The highest BCUT2D eigenvalue weighted by molar-refractivity contribution is 5.98. The molecule has 3 heterocycles. The number of fused-ring (bicyclic) bond motifs is 1. The van der Waals surface area contributed by atoms with E-state index in [0.29, 0.717) is 48.7 Å². The number of anilines is 1. The monoisotopic (exact) mass is 404 g/mol. The highest BCUT2D eigenvalue weighted by Crippen LogP contribution is 2.39. The molecule has 0 amide bonds. The molecule has 0 bridgehead atoms. The van der Waals surface area contributed by atoms with Crippen LogP contribution in [0.1, 0.15) is 25.3 Å². The molecule has 1 aliphatic heterocycles. The van der Waals surface area contributed by atoms with Gasteiger partial charge in [0.15, 0.2) is 5.82 Å². The van der Waals surface area contributed by atoms with Crippen LogP contribution in [0.25, 0.3) is 22.2 Å². The van der Waals surface area contributed by atoms with Gasteiger partial charge < -0.3 is 15.1 Å². The van der Waals surface area contributed by atoms with Crippen LogP contribution in [-0.4, -0.2) is 44.1 Å². The highest BCUT2D eigenvalue weighted by atomic mass is 19.4. The summed E-state index contributed by atoms with van der Waals surface area (Å²) in [6, 6.07) is 6.17. The molecule has 2 N–H and O–H groups in total. The van der Waals surface area contributed by atoms with Gasteiger partial charge in [0.1, 0.15) is 17.0 Å². The van der Waals surface area contributed by atoms with Crippen LogP contribution in [0, 0.1) is 0 Å². The summed E-state index contributed by atoms with van der Waals surface area (Å²) in [5.74, 6) is -0.0336. The first kappa shape index (κ1) is 19.4. The summed E-state index contributed by atoms with van der Waals surface area (Å²) < 4.78 is 38.7. The zero-order chi connectivity index (χ0) is 20.8. The average molecular weight is 404 g/mol. The quantitative estimate of drug-likeness (QED) is 0.692. The van der Waals surface area contributed by atoms with Crippen molar-refractivity contribution in [3.8, 4) is 17.0 Å². The number of β-amino-alcohol motifs (C(OH)–C–C–N with tert-alkyl or cyclic N) is 1. The zero-order valence-electron chi connectivity index (χ0n) is 15.6. The van der Waals surface area contributed by atoms with Gasteiger partial charge in [0.25, 0.3) is 0 Å². The molecule has 2 aromatic heterocycles. The second kappa shape index (κ2) is 6.84. The molecule has 6 nitrogen and oxygen atoms in total. The van der Waals surface area contributed by atoms with Gasteiger partial charge in [0.2, 0.25) is 0 Å². The zero-order valence-corrected chi connectivity index (χ0v) is 15.6. The fourth-order valence-corrected chi connectivity index (χ4v) is 3.62. The number of aromatic hydroxyl groups is 1. The SMILES string of the molecule is CCC1(O)CCN(c2nnc(-c3ccc(C(F)(F)F)cc3O)c3cccnc23)C1. The fraction of sp³-hybridized carbons (Fsp3) is 0.350. The number of aliphatic hydroxyl groups is 1. The second-order valence-electron chi connectivity index (χ2n) is 7.25. The lowest BCUT2D eigenvalue weighted by Crippen LogP contribution is -2.32. The predicted octanol–water partition coefficient (Wildman–Crippen LogP) is 3.77. The van der Waals surface area contributed by atoms with Gasteiger partial charge in [0.05, 0.1) is 11.2 Å². The standard InChI is InChI=1S/C20H19F3N4O2/c1-2-19(29)7-9-27(11-19)18-17-14(4-3-8-24-17)16(25-26-18)13-6-5-12(10-15(13)28)20(21,22)23/h3-6,8,10,28-29H,2,7,9,11H2,1H3. The van der Waals surface area contributed by atoms with Crippen LogP contribution < -0.4 is 4.90 Å². The first-order valence-corrected chi connectivity index (χ1v) is 9.21. The topological polar surface area (TPSA) is 82.4 Å². The van der Waals surface area contributed by atoms with Gasteiger partial charge in [-0.25, -0.2) is 0 Å². The van der Waals surface area contributed by atoms with E-state index in [0.717, 1.165) is 6.07 Å². The smallest absolute Gasteiger partial charge is 0.416 e. The third kappa shape index (κ3) is 3.46. The van der Waals surface area contributed by atoms with Crippen molar-refractivity contribution in [2.24, 2.45) is 0 Å². The van der Waals surface area contributed by atoms with E-state index >= 15 is 0 Å². The Hall–Kier alpha value is -2.94. The van der Waals surface area contributed by atoms with E-state index in [2.05, 4.69) is 15.2 Å². The third-order valence-corrected chi connectivity index (χ3v) is 5.39. The molecule has 9 heteroatoms. The van der Waals surface area contributed by atoms with E-state index in [1.807, 2.05) is 11.8 Å². The molecule has 0 aliphatic carbocycles. The number of phenolic OH excluding ortho intramolecular Hbond substituents is 1. The minimum absolute atomic E-state index is 0.140. The van der Waals surface area contributed by atoms with E-state index in [9.17, 15) is 23.4 Å². The molecule has 1 unspecified atom stereocenters. The maximum absolute atomic E-state index is 12.9. The number of hydrogen-bond donors (Lipinski definition) is 2. The first-order valence-electron chi connectivity index (χ1n) is 9.21. The molecular formula is C20H19F3N4O2. The lowest BCUT2D eigenvalue weighted by Gasteiger charge is -2.22.